The SMILES string of the molecule is Cc1c(C#C[Si](C)(C)C)ccc2cc(C#C[Si](C)(C)C)ccc12. The molecule has 0 amide bonds. The zero-order valence-electron chi connectivity index (χ0n) is 15.4. The van der Waals surface area contributed by atoms with Crippen molar-refractivity contribution in [3.63, 3.8) is 0 Å². The second kappa shape index (κ2) is 6.40. The first-order valence-electron chi connectivity index (χ1n) is 8.15. The zero-order valence-corrected chi connectivity index (χ0v) is 17.4. The molecule has 0 aliphatic heterocycles. The lowest BCUT2D eigenvalue weighted by atomic mass is 9.99. The molecule has 118 valence electrons. The Morgan fingerprint density at radius 3 is 1.96 bits per heavy atom. The molecule has 0 nitrogen and oxygen atoms in total. The van der Waals surface area contributed by atoms with Crippen molar-refractivity contribution in [1.82, 2.24) is 0 Å². The van der Waals surface area contributed by atoms with E-state index in [9.17, 15) is 0 Å². The fourth-order valence-corrected chi connectivity index (χ4v) is 3.24. The fraction of sp³-hybridized carbons (Fsp3) is 0.333. The van der Waals surface area contributed by atoms with Crippen molar-refractivity contribution in [2.75, 3.05) is 0 Å². The van der Waals surface area contributed by atoms with E-state index in [-0.39, 0.29) is 0 Å². The first-order chi connectivity index (χ1) is 10.6. The second-order valence-electron chi connectivity index (χ2n) is 8.17. The summed E-state index contributed by atoms with van der Waals surface area (Å²) in [4.78, 5) is 0. The fourth-order valence-electron chi connectivity index (χ4n) is 2.21. The summed E-state index contributed by atoms with van der Waals surface area (Å²) in [6, 6.07) is 10.9. The van der Waals surface area contributed by atoms with Gasteiger partial charge >= 0.3 is 0 Å². The van der Waals surface area contributed by atoms with Gasteiger partial charge in [0.2, 0.25) is 0 Å². The molecule has 0 aliphatic carbocycles. The van der Waals surface area contributed by atoms with Crippen molar-refractivity contribution < 1.29 is 0 Å². The highest BCUT2D eigenvalue weighted by molar-refractivity contribution is 6.84. The maximum absolute atomic E-state index is 3.46. The standard InChI is InChI=1S/C21H26Si2/c1-17-19(13-15-23(5,6)7)9-10-20-16-18(8-11-21(17)20)12-14-22(2,3)4/h8-11,16H,1-7H3. The van der Waals surface area contributed by atoms with Crippen LogP contribution in [0.3, 0.4) is 0 Å². The average molecular weight is 335 g/mol. The molecule has 0 unspecified atom stereocenters. The number of rotatable bonds is 0. The topological polar surface area (TPSA) is 0 Å². The molecule has 2 heteroatoms. The van der Waals surface area contributed by atoms with Gasteiger partial charge in [-0.15, -0.1) is 11.1 Å². The van der Waals surface area contributed by atoms with Crippen LogP contribution in [0.5, 0.6) is 0 Å². The Labute approximate surface area is 143 Å². The molecule has 2 aromatic carbocycles. The van der Waals surface area contributed by atoms with E-state index in [1.165, 1.54) is 16.3 Å². The molecule has 2 rings (SSSR count). The summed E-state index contributed by atoms with van der Waals surface area (Å²) in [7, 11) is -2.68. The maximum atomic E-state index is 3.46. The van der Waals surface area contributed by atoms with Gasteiger partial charge in [0, 0.05) is 11.1 Å². The lowest BCUT2D eigenvalue weighted by Crippen LogP contribution is -2.16. The van der Waals surface area contributed by atoms with E-state index in [0.29, 0.717) is 0 Å². The molecule has 0 atom stereocenters. The van der Waals surface area contributed by atoms with Crippen molar-refractivity contribution in [3.8, 4) is 22.9 Å². The lowest BCUT2D eigenvalue weighted by molar-refractivity contribution is 1.49. The van der Waals surface area contributed by atoms with Crippen molar-refractivity contribution in [2.45, 2.75) is 46.2 Å². The van der Waals surface area contributed by atoms with Crippen LogP contribution in [-0.4, -0.2) is 16.1 Å². The van der Waals surface area contributed by atoms with Gasteiger partial charge in [-0.05, 0) is 41.5 Å². The van der Waals surface area contributed by atoms with Gasteiger partial charge in [-0.25, -0.2) is 0 Å². The largest absolute Gasteiger partial charge is 0.129 e. The van der Waals surface area contributed by atoms with Crippen molar-refractivity contribution in [1.29, 1.82) is 0 Å². The molecule has 23 heavy (non-hydrogen) atoms. The zero-order chi connectivity index (χ0) is 17.3. The van der Waals surface area contributed by atoms with Crippen LogP contribution in [0.2, 0.25) is 39.3 Å². The second-order valence-corrected chi connectivity index (χ2v) is 17.7. The highest BCUT2D eigenvalue weighted by Crippen LogP contribution is 2.22. The molecule has 0 aromatic heterocycles. The van der Waals surface area contributed by atoms with Gasteiger partial charge < -0.3 is 0 Å². The lowest BCUT2D eigenvalue weighted by Gasteiger charge is -2.08. The Morgan fingerprint density at radius 1 is 0.739 bits per heavy atom. The molecule has 0 N–H and O–H groups in total. The Balaban J connectivity index is 2.47. The van der Waals surface area contributed by atoms with E-state index in [4.69, 9.17) is 0 Å². The molecule has 0 spiro atoms. The average Bonchev–Trinajstić information content (AvgIpc) is 2.42. The summed E-state index contributed by atoms with van der Waals surface area (Å²) in [5.41, 5.74) is 10.4. The number of hydrogen-bond acceptors (Lipinski definition) is 0. The summed E-state index contributed by atoms with van der Waals surface area (Å²) in [6.45, 7) is 15.8. The van der Waals surface area contributed by atoms with E-state index in [1.54, 1.807) is 0 Å². The number of aryl methyl sites for hydroxylation is 1. The van der Waals surface area contributed by atoms with Crippen molar-refractivity contribution in [3.05, 3.63) is 47.0 Å². The highest BCUT2D eigenvalue weighted by atomic mass is 28.3. The van der Waals surface area contributed by atoms with Gasteiger partial charge in [-0.2, -0.15) is 0 Å². The Kier molecular flexibility index (Phi) is 4.90. The first kappa shape index (κ1) is 17.6. The predicted molar refractivity (Wildman–Crippen MR) is 109 cm³/mol. The van der Waals surface area contributed by atoms with Crippen LogP contribution >= 0.6 is 0 Å². The van der Waals surface area contributed by atoms with Crippen LogP contribution in [-0.2, 0) is 0 Å². The molecular formula is C21H26Si2. The van der Waals surface area contributed by atoms with E-state index in [0.717, 1.165) is 11.1 Å². The smallest absolute Gasteiger partial charge is 0.127 e. The molecule has 0 saturated heterocycles. The summed E-state index contributed by atoms with van der Waals surface area (Å²) < 4.78 is 0. The highest BCUT2D eigenvalue weighted by Gasteiger charge is 2.09. The molecule has 0 fully saturated rings. The summed E-state index contributed by atoms with van der Waals surface area (Å²) >= 11 is 0. The minimum Gasteiger partial charge on any atom is -0.127 e. The van der Waals surface area contributed by atoms with Crippen LogP contribution in [0.15, 0.2) is 30.3 Å². The molecular weight excluding hydrogens is 308 g/mol. The molecule has 0 radical (unpaired) electrons. The molecule has 2 aromatic rings. The van der Waals surface area contributed by atoms with Gasteiger partial charge in [0.25, 0.3) is 0 Å². The summed E-state index contributed by atoms with van der Waals surface area (Å²) in [5, 5.41) is 2.54. The van der Waals surface area contributed by atoms with E-state index < -0.39 is 16.1 Å². The monoisotopic (exact) mass is 334 g/mol. The normalized spacial score (nSPS) is 11.4. The molecule has 0 heterocycles. The third kappa shape index (κ3) is 5.13. The Morgan fingerprint density at radius 2 is 1.35 bits per heavy atom. The number of fused-ring (bicyclic) bond motifs is 1. The van der Waals surface area contributed by atoms with Crippen LogP contribution in [0.1, 0.15) is 16.7 Å². The van der Waals surface area contributed by atoms with E-state index in [2.05, 4.69) is 99.5 Å². The molecule has 0 saturated carbocycles. The minimum atomic E-state index is -1.34. The quantitative estimate of drug-likeness (QED) is 0.434. The Bertz CT molecular complexity index is 855. The predicted octanol–water partition coefficient (Wildman–Crippen LogP) is 5.61. The van der Waals surface area contributed by atoms with E-state index >= 15 is 0 Å². The van der Waals surface area contributed by atoms with Crippen molar-refractivity contribution in [2.24, 2.45) is 0 Å². The van der Waals surface area contributed by atoms with Crippen molar-refractivity contribution >= 4 is 26.9 Å². The van der Waals surface area contributed by atoms with Gasteiger partial charge in [-0.3, -0.25) is 0 Å². The summed E-state index contributed by atoms with van der Waals surface area (Å²) in [6.07, 6.45) is 0. The third-order valence-corrected chi connectivity index (χ3v) is 5.19. The van der Waals surface area contributed by atoms with Gasteiger partial charge in [0.05, 0.1) is 0 Å². The first-order valence-corrected chi connectivity index (χ1v) is 15.1. The van der Waals surface area contributed by atoms with E-state index in [1.807, 2.05) is 0 Å². The van der Waals surface area contributed by atoms with Gasteiger partial charge in [0.15, 0.2) is 0 Å². The van der Waals surface area contributed by atoms with Crippen LogP contribution in [0, 0.1) is 29.9 Å². The van der Waals surface area contributed by atoms with Crippen LogP contribution in [0.25, 0.3) is 10.8 Å². The minimum absolute atomic E-state index is 1.11. The van der Waals surface area contributed by atoms with Crippen LogP contribution in [0.4, 0.5) is 0 Å². The molecule has 0 bridgehead atoms. The maximum Gasteiger partial charge on any atom is 0.129 e. The van der Waals surface area contributed by atoms with Gasteiger partial charge in [0.1, 0.15) is 16.1 Å². The third-order valence-electron chi connectivity index (χ3n) is 3.44. The Hall–Kier alpha value is -1.75. The number of benzene rings is 2. The number of hydrogen-bond donors (Lipinski definition) is 0. The van der Waals surface area contributed by atoms with Gasteiger partial charge in [-0.1, -0.05) is 63.3 Å². The summed E-state index contributed by atoms with van der Waals surface area (Å²) in [5.74, 6) is 6.74. The molecule has 0 aliphatic rings. The van der Waals surface area contributed by atoms with Crippen LogP contribution < -0.4 is 0 Å².